The summed E-state index contributed by atoms with van der Waals surface area (Å²) in [6.45, 7) is 4.09. The zero-order valence-electron chi connectivity index (χ0n) is 11.6. The second kappa shape index (κ2) is 6.49. The average Bonchev–Trinajstić information content (AvgIpc) is 2.41. The second-order valence-corrected chi connectivity index (χ2v) is 5.68. The number of rotatable bonds is 4. The molecule has 7 heteroatoms. The van der Waals surface area contributed by atoms with E-state index < -0.39 is 0 Å². The third-order valence-electron chi connectivity index (χ3n) is 3.38. The molecule has 1 aliphatic heterocycles. The molecule has 0 radical (unpaired) electrons. The van der Waals surface area contributed by atoms with Gasteiger partial charge in [0.2, 0.25) is 11.8 Å². The Balaban J connectivity index is 1.94. The number of nitrogens with one attached hydrogen (secondary N) is 1. The van der Waals surface area contributed by atoms with E-state index in [2.05, 4.69) is 55.1 Å². The molecule has 1 atom stereocenters. The first-order valence-corrected chi connectivity index (χ1v) is 7.08. The first kappa shape index (κ1) is 14.5. The number of nitrogens with zero attached hydrogens (tertiary/aromatic N) is 4. The van der Waals surface area contributed by atoms with Crippen LogP contribution in [-0.2, 0) is 0 Å². The summed E-state index contributed by atoms with van der Waals surface area (Å²) >= 11 is 3.34. The van der Waals surface area contributed by atoms with Gasteiger partial charge in [-0.3, -0.25) is 4.90 Å². The molecule has 1 aromatic rings. The van der Waals surface area contributed by atoms with Crippen LogP contribution >= 0.6 is 15.9 Å². The van der Waals surface area contributed by atoms with Crippen LogP contribution in [0.15, 0.2) is 10.7 Å². The Morgan fingerprint density at radius 2 is 2.26 bits per heavy atom. The zero-order chi connectivity index (χ0) is 13.8. The van der Waals surface area contributed by atoms with Crippen molar-refractivity contribution >= 4 is 21.9 Å². The molecule has 0 aromatic carbocycles. The molecule has 1 aliphatic rings. The first-order chi connectivity index (χ1) is 9.10. The van der Waals surface area contributed by atoms with Gasteiger partial charge in [0.15, 0.2) is 0 Å². The van der Waals surface area contributed by atoms with Crippen molar-refractivity contribution in [3.8, 4) is 5.88 Å². The molecular formula is C12H20BrN5O. The molecule has 1 saturated heterocycles. The maximum atomic E-state index is 5.16. The number of ether oxygens (including phenoxy) is 1. The Kier molecular flexibility index (Phi) is 4.95. The van der Waals surface area contributed by atoms with Gasteiger partial charge in [-0.2, -0.15) is 4.98 Å². The van der Waals surface area contributed by atoms with Crippen molar-refractivity contribution < 1.29 is 4.74 Å². The predicted octanol–water partition coefficient (Wildman–Crippen LogP) is 0.905. The molecule has 0 spiro atoms. The summed E-state index contributed by atoms with van der Waals surface area (Å²) in [5.74, 6) is 1.15. The molecule has 0 saturated carbocycles. The van der Waals surface area contributed by atoms with Gasteiger partial charge in [0, 0.05) is 32.2 Å². The molecule has 2 heterocycles. The summed E-state index contributed by atoms with van der Waals surface area (Å²) in [5.41, 5.74) is 0. The summed E-state index contributed by atoms with van der Waals surface area (Å²) in [4.78, 5) is 13.2. The minimum absolute atomic E-state index is 0.469. The monoisotopic (exact) mass is 329 g/mol. The van der Waals surface area contributed by atoms with E-state index in [1.54, 1.807) is 13.3 Å². The van der Waals surface area contributed by atoms with Crippen LogP contribution in [0.25, 0.3) is 0 Å². The minimum Gasteiger partial charge on any atom is -0.480 e. The largest absolute Gasteiger partial charge is 0.480 e. The van der Waals surface area contributed by atoms with E-state index in [1.165, 1.54) is 0 Å². The molecule has 1 fully saturated rings. The highest BCUT2D eigenvalue weighted by atomic mass is 79.9. The van der Waals surface area contributed by atoms with Crippen molar-refractivity contribution in [2.45, 2.75) is 6.04 Å². The van der Waals surface area contributed by atoms with Gasteiger partial charge < -0.3 is 15.0 Å². The molecule has 2 rings (SSSR count). The molecular weight excluding hydrogens is 310 g/mol. The number of methoxy groups -OCH3 is 1. The average molecular weight is 330 g/mol. The van der Waals surface area contributed by atoms with Crippen molar-refractivity contribution in [3.63, 3.8) is 0 Å². The van der Waals surface area contributed by atoms with Gasteiger partial charge in [-0.25, -0.2) is 4.98 Å². The van der Waals surface area contributed by atoms with E-state index >= 15 is 0 Å². The first-order valence-electron chi connectivity index (χ1n) is 6.29. The van der Waals surface area contributed by atoms with Crippen molar-refractivity contribution in [1.82, 2.24) is 19.8 Å². The van der Waals surface area contributed by atoms with Gasteiger partial charge in [-0.05, 0) is 30.0 Å². The van der Waals surface area contributed by atoms with E-state index in [0.717, 1.165) is 30.7 Å². The van der Waals surface area contributed by atoms with Crippen LogP contribution < -0.4 is 10.1 Å². The Bertz CT molecular complexity index is 431. The summed E-state index contributed by atoms with van der Waals surface area (Å²) in [5, 5.41) is 3.28. The molecule has 106 valence electrons. The zero-order valence-corrected chi connectivity index (χ0v) is 13.1. The van der Waals surface area contributed by atoms with E-state index in [9.17, 15) is 0 Å². The SMILES string of the molecule is COc1nc(NCC2CN(C)CCN2C)ncc1Br. The lowest BCUT2D eigenvalue weighted by molar-refractivity contribution is 0.121. The fourth-order valence-corrected chi connectivity index (χ4v) is 2.46. The van der Waals surface area contributed by atoms with Gasteiger partial charge in [-0.1, -0.05) is 0 Å². The fraction of sp³-hybridized carbons (Fsp3) is 0.667. The van der Waals surface area contributed by atoms with Crippen LogP contribution in [0.4, 0.5) is 5.95 Å². The molecule has 0 amide bonds. The van der Waals surface area contributed by atoms with Crippen molar-refractivity contribution in [3.05, 3.63) is 10.7 Å². The maximum Gasteiger partial charge on any atom is 0.232 e. The lowest BCUT2D eigenvalue weighted by Gasteiger charge is -2.37. The molecule has 1 N–H and O–H groups in total. The van der Waals surface area contributed by atoms with E-state index in [0.29, 0.717) is 17.9 Å². The Morgan fingerprint density at radius 1 is 1.47 bits per heavy atom. The molecule has 19 heavy (non-hydrogen) atoms. The van der Waals surface area contributed by atoms with Crippen LogP contribution in [0.5, 0.6) is 5.88 Å². The van der Waals surface area contributed by atoms with Gasteiger partial charge in [0.1, 0.15) is 0 Å². The Hall–Kier alpha value is -0.920. The highest BCUT2D eigenvalue weighted by molar-refractivity contribution is 9.10. The highest BCUT2D eigenvalue weighted by Crippen LogP contribution is 2.21. The normalized spacial score (nSPS) is 21.4. The van der Waals surface area contributed by atoms with Crippen molar-refractivity contribution in [1.29, 1.82) is 0 Å². The molecule has 0 bridgehead atoms. The molecule has 1 aromatic heterocycles. The fourth-order valence-electron chi connectivity index (χ4n) is 2.11. The highest BCUT2D eigenvalue weighted by Gasteiger charge is 2.22. The van der Waals surface area contributed by atoms with Crippen LogP contribution in [0.3, 0.4) is 0 Å². The minimum atomic E-state index is 0.469. The maximum absolute atomic E-state index is 5.16. The lowest BCUT2D eigenvalue weighted by Crippen LogP contribution is -2.52. The van der Waals surface area contributed by atoms with Crippen LogP contribution in [-0.4, -0.2) is 73.2 Å². The van der Waals surface area contributed by atoms with E-state index in [4.69, 9.17) is 4.74 Å². The van der Waals surface area contributed by atoms with Crippen LogP contribution in [0.2, 0.25) is 0 Å². The Morgan fingerprint density at radius 3 is 3.00 bits per heavy atom. The quantitative estimate of drug-likeness (QED) is 0.886. The van der Waals surface area contributed by atoms with Crippen LogP contribution in [0, 0.1) is 0 Å². The molecule has 1 unspecified atom stereocenters. The molecule has 6 nitrogen and oxygen atoms in total. The number of likely N-dealkylation sites (N-methyl/N-ethyl adjacent to an activating group) is 2. The number of hydrogen-bond acceptors (Lipinski definition) is 6. The van der Waals surface area contributed by atoms with Gasteiger partial charge in [0.05, 0.1) is 17.8 Å². The lowest BCUT2D eigenvalue weighted by atomic mass is 10.2. The Labute approximate surface area is 122 Å². The summed E-state index contributed by atoms with van der Waals surface area (Å²) in [6.07, 6.45) is 1.70. The number of piperazine rings is 1. The molecule has 0 aliphatic carbocycles. The van der Waals surface area contributed by atoms with Crippen LogP contribution in [0.1, 0.15) is 0 Å². The third-order valence-corrected chi connectivity index (χ3v) is 3.93. The summed E-state index contributed by atoms with van der Waals surface area (Å²) < 4.78 is 5.92. The summed E-state index contributed by atoms with van der Waals surface area (Å²) in [6, 6.07) is 0.469. The van der Waals surface area contributed by atoms with E-state index in [1.807, 2.05) is 0 Å². The summed E-state index contributed by atoms with van der Waals surface area (Å²) in [7, 11) is 5.91. The standard InChI is InChI=1S/C12H20BrN5O/c1-17-4-5-18(2)9(8-17)6-14-12-15-7-10(13)11(16-12)19-3/h7,9H,4-6,8H2,1-3H3,(H,14,15,16). The number of aromatic nitrogens is 2. The van der Waals surface area contributed by atoms with E-state index in [-0.39, 0.29) is 0 Å². The second-order valence-electron chi connectivity index (χ2n) is 4.83. The topological polar surface area (TPSA) is 53.5 Å². The number of halogens is 1. The van der Waals surface area contributed by atoms with Crippen molar-refractivity contribution in [2.75, 3.05) is 52.7 Å². The van der Waals surface area contributed by atoms with Crippen molar-refractivity contribution in [2.24, 2.45) is 0 Å². The number of anilines is 1. The van der Waals surface area contributed by atoms with Gasteiger partial charge >= 0.3 is 0 Å². The smallest absolute Gasteiger partial charge is 0.232 e. The van der Waals surface area contributed by atoms with Gasteiger partial charge in [0.25, 0.3) is 0 Å². The predicted molar refractivity (Wildman–Crippen MR) is 78.7 cm³/mol. The third kappa shape index (κ3) is 3.77. The number of hydrogen-bond donors (Lipinski definition) is 1. The van der Waals surface area contributed by atoms with Gasteiger partial charge in [-0.15, -0.1) is 0 Å².